The summed E-state index contributed by atoms with van der Waals surface area (Å²) in [6.07, 6.45) is 6.99. The summed E-state index contributed by atoms with van der Waals surface area (Å²) in [5, 5.41) is 7.56. The van der Waals surface area contributed by atoms with Crippen molar-refractivity contribution in [2.75, 3.05) is 0 Å². The molecule has 0 aromatic carbocycles. The van der Waals surface area contributed by atoms with Crippen LogP contribution >= 0.6 is 0 Å². The molecule has 5 nitrogen and oxygen atoms in total. The SMILES string of the molecule is CC(C)n1cc(Oc2ncc(F)cc2CNC2CC2)cn1. The molecule has 0 bridgehead atoms. The number of hydrogen-bond donors (Lipinski definition) is 1. The molecule has 3 rings (SSSR count). The molecule has 2 aromatic rings. The minimum absolute atomic E-state index is 0.263. The Balaban J connectivity index is 1.75. The van der Waals surface area contributed by atoms with E-state index in [2.05, 4.69) is 15.4 Å². The zero-order valence-electron chi connectivity index (χ0n) is 12.2. The number of ether oxygens (including phenoxy) is 1. The lowest BCUT2D eigenvalue weighted by molar-refractivity contribution is 0.445. The number of aromatic nitrogens is 3. The van der Waals surface area contributed by atoms with Crippen LogP contribution in [0.3, 0.4) is 0 Å². The number of nitrogens with one attached hydrogen (secondary N) is 1. The van der Waals surface area contributed by atoms with E-state index in [1.807, 2.05) is 20.0 Å². The molecule has 2 heterocycles. The maximum absolute atomic E-state index is 13.4. The summed E-state index contributed by atoms with van der Waals surface area (Å²) in [4.78, 5) is 4.05. The summed E-state index contributed by atoms with van der Waals surface area (Å²) in [5.41, 5.74) is 0.721. The number of hydrogen-bond acceptors (Lipinski definition) is 4. The van der Waals surface area contributed by atoms with E-state index in [-0.39, 0.29) is 11.9 Å². The van der Waals surface area contributed by atoms with Gasteiger partial charge in [0.05, 0.1) is 18.6 Å². The van der Waals surface area contributed by atoms with Gasteiger partial charge in [0.25, 0.3) is 0 Å². The molecule has 0 unspecified atom stereocenters. The Hall–Kier alpha value is -1.95. The normalized spacial score (nSPS) is 14.7. The lowest BCUT2D eigenvalue weighted by Gasteiger charge is -2.09. The van der Waals surface area contributed by atoms with Gasteiger partial charge in [-0.1, -0.05) is 0 Å². The monoisotopic (exact) mass is 290 g/mol. The van der Waals surface area contributed by atoms with Crippen LogP contribution in [0.1, 0.15) is 38.3 Å². The summed E-state index contributed by atoms with van der Waals surface area (Å²) in [7, 11) is 0. The second-order valence-electron chi connectivity index (χ2n) is 5.62. The van der Waals surface area contributed by atoms with Crippen molar-refractivity contribution in [3.8, 4) is 11.6 Å². The third-order valence-corrected chi connectivity index (χ3v) is 3.37. The Bertz CT molecular complexity index is 622. The summed E-state index contributed by atoms with van der Waals surface area (Å²) in [6, 6.07) is 2.27. The van der Waals surface area contributed by atoms with Crippen LogP contribution in [0.2, 0.25) is 0 Å². The zero-order valence-corrected chi connectivity index (χ0v) is 12.2. The van der Waals surface area contributed by atoms with Crippen molar-refractivity contribution in [2.24, 2.45) is 0 Å². The van der Waals surface area contributed by atoms with E-state index in [9.17, 15) is 4.39 Å². The molecule has 112 valence electrons. The minimum Gasteiger partial charge on any atom is -0.435 e. The number of rotatable bonds is 6. The first-order valence-corrected chi connectivity index (χ1v) is 7.21. The smallest absolute Gasteiger partial charge is 0.224 e. The zero-order chi connectivity index (χ0) is 14.8. The van der Waals surface area contributed by atoms with Crippen LogP contribution in [0.25, 0.3) is 0 Å². The van der Waals surface area contributed by atoms with Crippen LogP contribution in [-0.4, -0.2) is 20.8 Å². The molecule has 0 saturated heterocycles. The first-order valence-electron chi connectivity index (χ1n) is 7.21. The van der Waals surface area contributed by atoms with Gasteiger partial charge in [0.2, 0.25) is 5.88 Å². The van der Waals surface area contributed by atoms with Crippen molar-refractivity contribution in [3.05, 3.63) is 36.0 Å². The second-order valence-corrected chi connectivity index (χ2v) is 5.62. The van der Waals surface area contributed by atoms with Crippen molar-refractivity contribution in [2.45, 2.75) is 45.3 Å². The largest absolute Gasteiger partial charge is 0.435 e. The highest BCUT2D eigenvalue weighted by molar-refractivity contribution is 5.30. The Morgan fingerprint density at radius 1 is 1.43 bits per heavy atom. The van der Waals surface area contributed by atoms with Crippen molar-refractivity contribution in [1.29, 1.82) is 0 Å². The minimum atomic E-state index is -0.354. The lowest BCUT2D eigenvalue weighted by Crippen LogP contribution is -2.16. The van der Waals surface area contributed by atoms with Crippen LogP contribution in [0.4, 0.5) is 4.39 Å². The first kappa shape index (κ1) is 14.0. The molecule has 0 radical (unpaired) electrons. The molecule has 0 atom stereocenters. The van der Waals surface area contributed by atoms with Crippen LogP contribution in [-0.2, 0) is 6.54 Å². The van der Waals surface area contributed by atoms with Crippen LogP contribution in [0.15, 0.2) is 24.7 Å². The van der Waals surface area contributed by atoms with Crippen molar-refractivity contribution < 1.29 is 9.13 Å². The van der Waals surface area contributed by atoms with E-state index in [4.69, 9.17) is 4.74 Å². The summed E-state index contributed by atoms with van der Waals surface area (Å²) >= 11 is 0. The van der Waals surface area contributed by atoms with Gasteiger partial charge < -0.3 is 10.1 Å². The fourth-order valence-electron chi connectivity index (χ4n) is 2.00. The molecule has 21 heavy (non-hydrogen) atoms. The third kappa shape index (κ3) is 3.58. The quantitative estimate of drug-likeness (QED) is 0.888. The Morgan fingerprint density at radius 3 is 2.90 bits per heavy atom. The molecule has 1 aliphatic carbocycles. The fourth-order valence-corrected chi connectivity index (χ4v) is 2.00. The molecule has 0 amide bonds. The average molecular weight is 290 g/mol. The van der Waals surface area contributed by atoms with Gasteiger partial charge in [-0.3, -0.25) is 4.68 Å². The van der Waals surface area contributed by atoms with Gasteiger partial charge in [-0.2, -0.15) is 5.10 Å². The number of pyridine rings is 1. The van der Waals surface area contributed by atoms with E-state index in [0.717, 1.165) is 5.56 Å². The topological polar surface area (TPSA) is 52.0 Å². The third-order valence-electron chi connectivity index (χ3n) is 3.37. The first-order chi connectivity index (χ1) is 10.1. The van der Waals surface area contributed by atoms with Gasteiger partial charge in [-0.15, -0.1) is 0 Å². The molecule has 1 N–H and O–H groups in total. The van der Waals surface area contributed by atoms with E-state index in [1.165, 1.54) is 25.1 Å². The molecule has 1 saturated carbocycles. The lowest BCUT2D eigenvalue weighted by atomic mass is 10.2. The van der Waals surface area contributed by atoms with Crippen LogP contribution in [0.5, 0.6) is 11.6 Å². The predicted molar refractivity (Wildman–Crippen MR) is 76.7 cm³/mol. The molecule has 1 aliphatic rings. The van der Waals surface area contributed by atoms with Crippen LogP contribution in [0, 0.1) is 5.82 Å². The molecule has 0 spiro atoms. The highest BCUT2D eigenvalue weighted by Crippen LogP contribution is 2.25. The van der Waals surface area contributed by atoms with E-state index in [0.29, 0.717) is 24.2 Å². The van der Waals surface area contributed by atoms with Gasteiger partial charge in [0.15, 0.2) is 5.75 Å². The highest BCUT2D eigenvalue weighted by atomic mass is 19.1. The second kappa shape index (κ2) is 5.81. The summed E-state index contributed by atoms with van der Waals surface area (Å²) in [6.45, 7) is 4.64. The number of nitrogens with zero attached hydrogens (tertiary/aromatic N) is 3. The molecular formula is C15H19FN4O. The number of halogens is 1. The fraction of sp³-hybridized carbons (Fsp3) is 0.467. The Morgan fingerprint density at radius 2 is 2.24 bits per heavy atom. The molecule has 1 fully saturated rings. The van der Waals surface area contributed by atoms with Gasteiger partial charge in [-0.25, -0.2) is 9.37 Å². The molecule has 2 aromatic heterocycles. The van der Waals surface area contributed by atoms with E-state index in [1.54, 1.807) is 10.9 Å². The molecular weight excluding hydrogens is 271 g/mol. The highest BCUT2D eigenvalue weighted by Gasteiger charge is 2.21. The van der Waals surface area contributed by atoms with Crippen LogP contribution < -0.4 is 10.1 Å². The predicted octanol–water partition coefficient (Wildman–Crippen LogP) is 3.04. The summed E-state index contributed by atoms with van der Waals surface area (Å²) < 4.78 is 20.9. The Kier molecular flexibility index (Phi) is 3.88. The molecule has 6 heteroatoms. The maximum atomic E-state index is 13.4. The van der Waals surface area contributed by atoms with E-state index < -0.39 is 0 Å². The molecule has 0 aliphatic heterocycles. The van der Waals surface area contributed by atoms with Gasteiger partial charge in [0.1, 0.15) is 5.82 Å². The van der Waals surface area contributed by atoms with Crippen molar-refractivity contribution >= 4 is 0 Å². The van der Waals surface area contributed by atoms with Gasteiger partial charge in [0, 0.05) is 24.2 Å². The average Bonchev–Trinajstić information content (AvgIpc) is 3.16. The standard InChI is InChI=1S/C15H19FN4O/c1-10(2)20-9-14(8-19-20)21-15-11(5-12(16)7-18-15)6-17-13-3-4-13/h5,7-10,13,17H,3-4,6H2,1-2H3. The van der Waals surface area contributed by atoms with Crippen molar-refractivity contribution in [1.82, 2.24) is 20.1 Å². The van der Waals surface area contributed by atoms with E-state index >= 15 is 0 Å². The maximum Gasteiger partial charge on any atom is 0.224 e. The summed E-state index contributed by atoms with van der Waals surface area (Å²) in [5.74, 6) is 0.677. The van der Waals surface area contributed by atoms with Crippen molar-refractivity contribution in [3.63, 3.8) is 0 Å². The van der Waals surface area contributed by atoms with Gasteiger partial charge >= 0.3 is 0 Å². The Labute approximate surface area is 123 Å². The van der Waals surface area contributed by atoms with Gasteiger partial charge in [-0.05, 0) is 32.8 Å².